The van der Waals surface area contributed by atoms with Crippen molar-refractivity contribution < 1.29 is 0 Å². The molecule has 0 heterocycles. The summed E-state index contributed by atoms with van der Waals surface area (Å²) in [4.78, 5) is 0. The summed E-state index contributed by atoms with van der Waals surface area (Å²) < 4.78 is 0. The van der Waals surface area contributed by atoms with Crippen molar-refractivity contribution in [1.82, 2.24) is 11.2 Å². The molecule has 0 bridgehead atoms. The summed E-state index contributed by atoms with van der Waals surface area (Å²) >= 11 is 0. The first-order chi connectivity index (χ1) is 1.91. The van der Waals surface area contributed by atoms with Crippen molar-refractivity contribution >= 4 is 0 Å². The Morgan fingerprint density at radius 1 is 1.00 bits per heavy atom. The minimum absolute atomic E-state index is 0.875. The molecule has 0 saturated heterocycles. The van der Waals surface area contributed by atoms with Crippen molar-refractivity contribution in [1.29, 1.82) is 0 Å². The monoisotopic (exact) mass is 62.0 g/mol. The zero-order valence-corrected chi connectivity index (χ0v) is 1.82. The second-order valence-electron chi connectivity index (χ2n) is 0.204. The summed E-state index contributed by atoms with van der Waals surface area (Å²) in [5.74, 6) is 0. The Bertz CT molecular complexity index is 6.00. The van der Waals surface area contributed by atoms with E-state index in [0.717, 1.165) is 11.2 Å². The maximum Gasteiger partial charge on any atom is -0.348 e. The smallest absolute Gasteiger partial charge is 0.348 e. The maximum atomic E-state index is 8.62. The van der Waals surface area contributed by atoms with E-state index >= 15 is 0 Å². The van der Waals surface area contributed by atoms with Gasteiger partial charge in [-0.15, -0.1) is 0 Å². The standard InChI is InChI=1S/H2N2O2/c3-1-2-4/h1-2H/q-2. The largest absolute Gasteiger partial charge is 0.775 e. The molecule has 0 aliphatic rings. The minimum atomic E-state index is 0.875. The van der Waals surface area contributed by atoms with Crippen LogP contribution >= 0.6 is 0 Å². The summed E-state index contributed by atoms with van der Waals surface area (Å²) in [6.45, 7) is 0. The summed E-state index contributed by atoms with van der Waals surface area (Å²) in [6, 6.07) is 0. The van der Waals surface area contributed by atoms with E-state index in [0.29, 0.717) is 0 Å². The molecule has 0 aliphatic carbocycles. The predicted molar refractivity (Wildman–Crippen MR) is 13.0 cm³/mol. The lowest BCUT2D eigenvalue weighted by Crippen LogP contribution is -2.16. The fourth-order valence-corrected chi connectivity index (χ4v) is 0. The summed E-state index contributed by atoms with van der Waals surface area (Å²) in [5, 5.41) is 17.2. The van der Waals surface area contributed by atoms with Gasteiger partial charge in [-0.05, 0) is 0 Å². The summed E-state index contributed by atoms with van der Waals surface area (Å²) in [5.41, 5.74) is 1.75. The maximum absolute atomic E-state index is 8.62. The molecule has 0 spiro atoms. The average Bonchev–Trinajstić information content (AvgIpc) is 1.37. The zero-order chi connectivity index (χ0) is 3.41. The highest BCUT2D eigenvalue weighted by molar-refractivity contribution is 4.28. The molecule has 0 saturated carbocycles. The van der Waals surface area contributed by atoms with Gasteiger partial charge in [0, 0.05) is 0 Å². The second-order valence-corrected chi connectivity index (χ2v) is 0.204. The molecule has 0 rings (SSSR count). The number of hydrogen-bond donors (Lipinski definition) is 2. The molecule has 0 aromatic heterocycles. The molecule has 0 fully saturated rings. The molecule has 0 amide bonds. The Hall–Kier alpha value is -0.160. The van der Waals surface area contributed by atoms with E-state index < -0.39 is 0 Å². The number of hydrogen-bond acceptors (Lipinski definition) is 4. The minimum Gasteiger partial charge on any atom is -0.775 e. The summed E-state index contributed by atoms with van der Waals surface area (Å²) in [6.07, 6.45) is 0. The number of nitrogens with one attached hydrogen (secondary N) is 2. The van der Waals surface area contributed by atoms with E-state index in [4.69, 9.17) is 10.4 Å². The highest BCUT2D eigenvalue weighted by Gasteiger charge is 1.17. The molecular weight excluding hydrogens is 60.0 g/mol. The molecule has 26 valence electrons. The van der Waals surface area contributed by atoms with Crippen LogP contribution in [0.5, 0.6) is 0 Å². The fraction of sp³-hybridized carbons (Fsp3) is 0. The van der Waals surface area contributed by atoms with Crippen LogP contribution < -0.4 is 11.2 Å². The average molecular weight is 62.0 g/mol. The van der Waals surface area contributed by atoms with Gasteiger partial charge in [-0.1, -0.05) is 0 Å². The van der Waals surface area contributed by atoms with Crippen molar-refractivity contribution in [3.8, 4) is 0 Å². The normalized spacial score (nSPS) is 7.50. The molecule has 4 heteroatoms. The van der Waals surface area contributed by atoms with Crippen molar-refractivity contribution in [2.24, 2.45) is 0 Å². The highest BCUT2D eigenvalue weighted by atomic mass is 16.6. The van der Waals surface area contributed by atoms with Crippen LogP contribution in [0, 0.1) is 10.4 Å². The Kier molecular flexibility index (Phi) is 2.73. The van der Waals surface area contributed by atoms with Crippen molar-refractivity contribution in [3.63, 3.8) is 0 Å². The van der Waals surface area contributed by atoms with Crippen LogP contribution in [0.15, 0.2) is 0 Å². The van der Waals surface area contributed by atoms with Crippen molar-refractivity contribution in [3.05, 3.63) is 10.4 Å². The van der Waals surface area contributed by atoms with Crippen LogP contribution in [-0.2, 0) is 0 Å². The topological polar surface area (TPSA) is 70.2 Å². The molecular formula is H2N2O2-2. The van der Waals surface area contributed by atoms with E-state index in [9.17, 15) is 0 Å². The van der Waals surface area contributed by atoms with Crippen molar-refractivity contribution in [2.75, 3.05) is 0 Å². The van der Waals surface area contributed by atoms with Gasteiger partial charge in [-0.3, -0.25) is 0 Å². The van der Waals surface area contributed by atoms with E-state index in [2.05, 4.69) is 0 Å². The molecule has 0 atom stereocenters. The predicted octanol–water partition coefficient (Wildman–Crippen LogP) is -0.924. The Morgan fingerprint density at radius 2 is 1.25 bits per heavy atom. The SMILES string of the molecule is [O-]NN[O-]. The van der Waals surface area contributed by atoms with Crippen molar-refractivity contribution in [2.45, 2.75) is 0 Å². The quantitative estimate of drug-likeness (QED) is 0.385. The van der Waals surface area contributed by atoms with Gasteiger partial charge in [0.25, 0.3) is 0 Å². The molecule has 0 radical (unpaired) electrons. The van der Waals surface area contributed by atoms with Crippen LogP contribution in [0.2, 0.25) is 0 Å². The summed E-state index contributed by atoms with van der Waals surface area (Å²) in [7, 11) is 0. The molecule has 2 N–H and O–H groups in total. The van der Waals surface area contributed by atoms with E-state index in [1.807, 2.05) is 0 Å². The molecule has 0 unspecified atom stereocenters. The molecule has 0 aliphatic heterocycles. The third kappa shape index (κ3) is 1.84. The second kappa shape index (κ2) is 2.84. The fourth-order valence-electron chi connectivity index (χ4n) is 0. The van der Waals surface area contributed by atoms with Crippen LogP contribution in [-0.4, -0.2) is 0 Å². The molecule has 0 aromatic rings. The van der Waals surface area contributed by atoms with Crippen LogP contribution in [0.1, 0.15) is 0 Å². The molecule has 0 aromatic carbocycles. The highest BCUT2D eigenvalue weighted by Crippen LogP contribution is 1.17. The Balaban J connectivity index is 1.97. The van der Waals surface area contributed by atoms with Gasteiger partial charge < -0.3 is 21.6 Å². The first kappa shape index (κ1) is 3.84. The van der Waals surface area contributed by atoms with Crippen LogP contribution in [0.3, 0.4) is 0 Å². The number of rotatable bonds is 1. The lowest BCUT2D eigenvalue weighted by atomic mass is 12.7. The Morgan fingerprint density at radius 3 is 1.25 bits per heavy atom. The van der Waals surface area contributed by atoms with Gasteiger partial charge >= 0.3 is 0 Å². The van der Waals surface area contributed by atoms with Gasteiger partial charge in [0.2, 0.25) is 0 Å². The zero-order valence-electron chi connectivity index (χ0n) is 1.82. The first-order valence-electron chi connectivity index (χ1n) is 0.658. The number of hydrazine groups is 1. The lowest BCUT2D eigenvalue weighted by Gasteiger charge is -2.10. The van der Waals surface area contributed by atoms with Gasteiger partial charge in [0.1, 0.15) is 0 Å². The van der Waals surface area contributed by atoms with E-state index in [-0.39, 0.29) is 0 Å². The first-order valence-corrected chi connectivity index (χ1v) is 0.658. The Labute approximate surface area is 22.9 Å². The van der Waals surface area contributed by atoms with Gasteiger partial charge in [-0.25, -0.2) is 0 Å². The lowest BCUT2D eigenvalue weighted by molar-refractivity contribution is 0.786. The van der Waals surface area contributed by atoms with E-state index in [1.54, 1.807) is 0 Å². The van der Waals surface area contributed by atoms with Crippen LogP contribution in [0.25, 0.3) is 0 Å². The van der Waals surface area contributed by atoms with Gasteiger partial charge in [0.15, 0.2) is 0 Å². The third-order valence-corrected chi connectivity index (χ3v) is 0.0417. The van der Waals surface area contributed by atoms with Crippen LogP contribution in [0.4, 0.5) is 0 Å². The van der Waals surface area contributed by atoms with Gasteiger partial charge in [0.05, 0.1) is 0 Å². The van der Waals surface area contributed by atoms with E-state index in [1.165, 1.54) is 0 Å². The molecule has 4 nitrogen and oxygen atoms in total. The third-order valence-electron chi connectivity index (χ3n) is 0.0417. The van der Waals surface area contributed by atoms with Gasteiger partial charge in [-0.2, -0.15) is 0 Å². The molecule has 4 heavy (non-hydrogen) atoms.